The first-order valence-corrected chi connectivity index (χ1v) is 7.77. The predicted molar refractivity (Wildman–Crippen MR) is 85.6 cm³/mol. The Morgan fingerprint density at radius 2 is 2.19 bits per heavy atom. The average molecular weight is 292 g/mol. The summed E-state index contributed by atoms with van der Waals surface area (Å²) >= 11 is 0. The third-order valence-corrected chi connectivity index (χ3v) is 4.66. The fourth-order valence-electron chi connectivity index (χ4n) is 3.06. The van der Waals surface area contributed by atoms with Gasteiger partial charge in [0.15, 0.2) is 0 Å². The van der Waals surface area contributed by atoms with Crippen molar-refractivity contribution in [1.29, 1.82) is 0 Å². The Kier molecular flexibility index (Phi) is 5.62. The van der Waals surface area contributed by atoms with Gasteiger partial charge in [-0.3, -0.25) is 0 Å². The summed E-state index contributed by atoms with van der Waals surface area (Å²) in [6, 6.07) is 8.70. The highest BCUT2D eigenvalue weighted by Gasteiger charge is 2.28. The summed E-state index contributed by atoms with van der Waals surface area (Å²) in [6.45, 7) is 6.23. The van der Waals surface area contributed by atoms with Crippen molar-refractivity contribution < 1.29 is 9.84 Å². The molecule has 1 aromatic rings. The zero-order chi connectivity index (χ0) is 15.4. The van der Waals surface area contributed by atoms with E-state index >= 15 is 0 Å². The number of ether oxygens (including phenoxy) is 1. The smallest absolute Gasteiger partial charge is 0.119 e. The van der Waals surface area contributed by atoms with Gasteiger partial charge in [0.2, 0.25) is 0 Å². The van der Waals surface area contributed by atoms with Crippen molar-refractivity contribution in [2.45, 2.75) is 38.5 Å². The molecule has 0 spiro atoms. The molecule has 4 unspecified atom stereocenters. The van der Waals surface area contributed by atoms with Crippen LogP contribution < -0.4 is 10.1 Å². The van der Waals surface area contributed by atoms with E-state index in [9.17, 15) is 5.11 Å². The Labute approximate surface area is 128 Å². The van der Waals surface area contributed by atoms with Crippen LogP contribution in [0.15, 0.2) is 24.3 Å². The molecular weight excluding hydrogens is 264 g/mol. The number of nitrogens with zero attached hydrogens (tertiary/aromatic N) is 1. The van der Waals surface area contributed by atoms with Crippen molar-refractivity contribution in [3.05, 3.63) is 29.8 Å². The van der Waals surface area contributed by atoms with Crippen LogP contribution in [0.3, 0.4) is 0 Å². The molecular formula is C17H28N2O2. The Balaban J connectivity index is 1.89. The topological polar surface area (TPSA) is 44.7 Å². The number of nitrogens with one attached hydrogen (secondary N) is 1. The van der Waals surface area contributed by atoms with Crippen LogP contribution >= 0.6 is 0 Å². The minimum Gasteiger partial charge on any atom is -0.497 e. The summed E-state index contributed by atoms with van der Waals surface area (Å²) in [7, 11) is 3.83. The molecule has 21 heavy (non-hydrogen) atoms. The molecule has 4 heteroatoms. The van der Waals surface area contributed by atoms with Crippen LogP contribution in [-0.2, 0) is 0 Å². The second-order valence-corrected chi connectivity index (χ2v) is 6.31. The highest BCUT2D eigenvalue weighted by atomic mass is 16.5. The number of aliphatic hydroxyl groups is 1. The Bertz CT molecular complexity index is 452. The van der Waals surface area contributed by atoms with E-state index in [4.69, 9.17) is 4.74 Å². The first kappa shape index (κ1) is 16.3. The monoisotopic (exact) mass is 292 g/mol. The maximum Gasteiger partial charge on any atom is 0.119 e. The number of hydrogen-bond donors (Lipinski definition) is 2. The van der Waals surface area contributed by atoms with Gasteiger partial charge in [0.1, 0.15) is 5.75 Å². The number of benzene rings is 1. The first-order valence-electron chi connectivity index (χ1n) is 7.77. The van der Waals surface area contributed by atoms with Gasteiger partial charge in [-0.05, 0) is 44.0 Å². The predicted octanol–water partition coefficient (Wildman–Crippen LogP) is 2.05. The van der Waals surface area contributed by atoms with E-state index in [-0.39, 0.29) is 0 Å². The van der Waals surface area contributed by atoms with Gasteiger partial charge in [-0.15, -0.1) is 0 Å². The molecule has 1 saturated heterocycles. The molecule has 0 bridgehead atoms. The number of methoxy groups -OCH3 is 1. The molecule has 0 saturated carbocycles. The lowest BCUT2D eigenvalue weighted by Gasteiger charge is -2.40. The van der Waals surface area contributed by atoms with Gasteiger partial charge >= 0.3 is 0 Å². The van der Waals surface area contributed by atoms with Crippen LogP contribution in [0, 0.1) is 5.92 Å². The van der Waals surface area contributed by atoms with Crippen LogP contribution in [0.4, 0.5) is 0 Å². The third kappa shape index (κ3) is 4.19. The summed E-state index contributed by atoms with van der Waals surface area (Å²) in [6.07, 6.45) is 0.630. The molecule has 118 valence electrons. The lowest BCUT2D eigenvalue weighted by Crippen LogP contribution is -2.51. The molecule has 0 radical (unpaired) electrons. The zero-order valence-corrected chi connectivity index (χ0v) is 13.5. The van der Waals surface area contributed by atoms with E-state index in [1.807, 2.05) is 24.3 Å². The summed E-state index contributed by atoms with van der Waals surface area (Å²) in [4.78, 5) is 2.40. The molecule has 1 aromatic carbocycles. The minimum atomic E-state index is -0.498. The van der Waals surface area contributed by atoms with Crippen molar-refractivity contribution in [1.82, 2.24) is 10.2 Å². The molecule has 0 amide bonds. The number of hydrogen-bond acceptors (Lipinski definition) is 4. The normalized spacial score (nSPS) is 28.3. The standard InChI is InChI=1S/C17H28N2O2/c1-12-11-19(3)13(2)8-16(12)18-10-17(20)14-6-5-7-15(9-14)21-4/h5-7,9,12-13,16-18,20H,8,10-11H2,1-4H3. The molecule has 2 N–H and O–H groups in total. The van der Waals surface area contributed by atoms with Gasteiger partial charge in [-0.25, -0.2) is 0 Å². The number of rotatable bonds is 5. The molecule has 1 heterocycles. The summed E-state index contributed by atoms with van der Waals surface area (Å²) in [5, 5.41) is 13.9. The van der Waals surface area contributed by atoms with Crippen molar-refractivity contribution in [3.63, 3.8) is 0 Å². The first-order chi connectivity index (χ1) is 10.0. The van der Waals surface area contributed by atoms with E-state index in [2.05, 4.69) is 31.1 Å². The lowest BCUT2D eigenvalue weighted by atomic mass is 9.89. The third-order valence-electron chi connectivity index (χ3n) is 4.66. The Morgan fingerprint density at radius 3 is 2.90 bits per heavy atom. The maximum atomic E-state index is 10.3. The van der Waals surface area contributed by atoms with E-state index in [0.717, 1.165) is 24.3 Å². The van der Waals surface area contributed by atoms with Gasteiger partial charge in [0.05, 0.1) is 13.2 Å². The van der Waals surface area contributed by atoms with Crippen LogP contribution in [0.2, 0.25) is 0 Å². The van der Waals surface area contributed by atoms with Crippen LogP contribution in [-0.4, -0.2) is 49.3 Å². The molecule has 2 rings (SSSR count). The van der Waals surface area contributed by atoms with Crippen molar-refractivity contribution >= 4 is 0 Å². The number of piperidine rings is 1. The van der Waals surface area contributed by atoms with Crippen LogP contribution in [0.25, 0.3) is 0 Å². The Morgan fingerprint density at radius 1 is 1.43 bits per heavy atom. The van der Waals surface area contributed by atoms with Crippen molar-refractivity contribution in [3.8, 4) is 5.75 Å². The molecule has 1 aliphatic heterocycles. The molecule has 1 aliphatic rings. The zero-order valence-electron chi connectivity index (χ0n) is 13.5. The van der Waals surface area contributed by atoms with Gasteiger partial charge in [0, 0.05) is 25.2 Å². The summed E-state index contributed by atoms with van der Waals surface area (Å²) in [5.74, 6) is 1.39. The average Bonchev–Trinajstić information content (AvgIpc) is 2.49. The van der Waals surface area contributed by atoms with Crippen molar-refractivity contribution in [2.24, 2.45) is 5.92 Å². The fraction of sp³-hybridized carbons (Fsp3) is 0.647. The van der Waals surface area contributed by atoms with E-state index in [0.29, 0.717) is 24.5 Å². The number of likely N-dealkylation sites (tertiary alicyclic amines) is 1. The van der Waals surface area contributed by atoms with Crippen molar-refractivity contribution in [2.75, 3.05) is 27.2 Å². The highest BCUT2D eigenvalue weighted by molar-refractivity contribution is 5.29. The van der Waals surface area contributed by atoms with Gasteiger partial charge in [0.25, 0.3) is 0 Å². The summed E-state index contributed by atoms with van der Waals surface area (Å²) < 4.78 is 5.21. The fourth-order valence-corrected chi connectivity index (χ4v) is 3.06. The molecule has 4 atom stereocenters. The van der Waals surface area contributed by atoms with E-state index in [1.54, 1.807) is 7.11 Å². The largest absolute Gasteiger partial charge is 0.497 e. The Hall–Kier alpha value is -1.10. The molecule has 0 aliphatic carbocycles. The minimum absolute atomic E-state index is 0.469. The van der Waals surface area contributed by atoms with Crippen LogP contribution in [0.1, 0.15) is 31.9 Å². The van der Waals surface area contributed by atoms with Gasteiger partial charge < -0.3 is 20.1 Å². The maximum absolute atomic E-state index is 10.3. The second kappa shape index (κ2) is 7.25. The second-order valence-electron chi connectivity index (χ2n) is 6.31. The lowest BCUT2D eigenvalue weighted by molar-refractivity contribution is 0.105. The number of aliphatic hydroxyl groups excluding tert-OH is 1. The van der Waals surface area contributed by atoms with Crippen LogP contribution in [0.5, 0.6) is 5.75 Å². The quantitative estimate of drug-likeness (QED) is 0.872. The van der Waals surface area contributed by atoms with Gasteiger partial charge in [-0.1, -0.05) is 19.1 Å². The molecule has 4 nitrogen and oxygen atoms in total. The van der Waals surface area contributed by atoms with E-state index in [1.165, 1.54) is 0 Å². The molecule has 0 aromatic heterocycles. The molecule has 1 fully saturated rings. The highest BCUT2D eigenvalue weighted by Crippen LogP contribution is 2.22. The van der Waals surface area contributed by atoms with Gasteiger partial charge in [-0.2, -0.15) is 0 Å². The van der Waals surface area contributed by atoms with E-state index < -0.39 is 6.10 Å². The SMILES string of the molecule is COc1cccc(C(O)CNC2CC(C)N(C)CC2C)c1. The summed E-state index contributed by atoms with van der Waals surface area (Å²) in [5.41, 5.74) is 0.899.